The molecule has 1 aliphatic rings. The van der Waals surface area contributed by atoms with Gasteiger partial charge in [-0.3, -0.25) is 4.79 Å². The van der Waals surface area contributed by atoms with Crippen LogP contribution in [-0.4, -0.2) is 32.1 Å². The lowest BCUT2D eigenvalue weighted by molar-refractivity contribution is -0.121. The molecular weight excluding hydrogens is 240 g/mol. The van der Waals surface area contributed by atoms with Gasteiger partial charge in [-0.15, -0.1) is 0 Å². The van der Waals surface area contributed by atoms with Gasteiger partial charge >= 0.3 is 0 Å². The molecule has 1 fully saturated rings. The molecule has 0 radical (unpaired) electrons. The Morgan fingerprint density at radius 3 is 2.79 bits per heavy atom. The van der Waals surface area contributed by atoms with Gasteiger partial charge in [0.15, 0.2) is 0 Å². The van der Waals surface area contributed by atoms with Gasteiger partial charge in [-0.1, -0.05) is 19.1 Å². The highest BCUT2D eigenvalue weighted by Crippen LogP contribution is 2.13. The van der Waals surface area contributed by atoms with Crippen molar-refractivity contribution in [3.8, 4) is 5.75 Å². The summed E-state index contributed by atoms with van der Waals surface area (Å²) >= 11 is 0. The summed E-state index contributed by atoms with van der Waals surface area (Å²) in [5, 5.41) is 6.47. The summed E-state index contributed by atoms with van der Waals surface area (Å²) in [5.74, 6) is 1.41. The first-order valence-electron chi connectivity index (χ1n) is 6.82. The van der Waals surface area contributed by atoms with Crippen molar-refractivity contribution in [3.63, 3.8) is 0 Å². The molecule has 2 N–H and O–H groups in total. The SMILES string of the molecule is COc1ccc(CC(=O)NC2CCNCC2C)cc1. The Labute approximate surface area is 114 Å². The number of rotatable bonds is 4. The third-order valence-corrected chi connectivity index (χ3v) is 3.66. The maximum absolute atomic E-state index is 12.0. The Balaban J connectivity index is 1.86. The molecule has 1 aromatic rings. The van der Waals surface area contributed by atoms with Crippen molar-refractivity contribution in [1.29, 1.82) is 0 Å². The van der Waals surface area contributed by atoms with Gasteiger partial charge in [-0.05, 0) is 43.1 Å². The normalized spacial score (nSPS) is 22.8. The minimum absolute atomic E-state index is 0.101. The zero-order chi connectivity index (χ0) is 13.7. The van der Waals surface area contributed by atoms with E-state index in [1.807, 2.05) is 24.3 Å². The van der Waals surface area contributed by atoms with E-state index in [0.29, 0.717) is 18.4 Å². The van der Waals surface area contributed by atoms with Gasteiger partial charge in [0.2, 0.25) is 5.91 Å². The molecule has 0 aromatic heterocycles. The minimum Gasteiger partial charge on any atom is -0.497 e. The molecule has 2 unspecified atom stereocenters. The number of methoxy groups -OCH3 is 1. The second-order valence-corrected chi connectivity index (χ2v) is 5.17. The van der Waals surface area contributed by atoms with Crippen LogP contribution < -0.4 is 15.4 Å². The highest BCUT2D eigenvalue weighted by Gasteiger charge is 2.22. The molecule has 0 spiro atoms. The second kappa shape index (κ2) is 6.57. The fourth-order valence-corrected chi connectivity index (χ4v) is 2.42. The molecule has 4 nitrogen and oxygen atoms in total. The minimum atomic E-state index is 0.101. The van der Waals surface area contributed by atoms with E-state index in [9.17, 15) is 4.79 Å². The lowest BCUT2D eigenvalue weighted by atomic mass is 9.95. The quantitative estimate of drug-likeness (QED) is 0.861. The molecule has 0 aliphatic carbocycles. The van der Waals surface area contributed by atoms with Gasteiger partial charge in [0.05, 0.1) is 13.5 Å². The third-order valence-electron chi connectivity index (χ3n) is 3.66. The lowest BCUT2D eigenvalue weighted by Gasteiger charge is -2.30. The molecule has 1 aliphatic heterocycles. The topological polar surface area (TPSA) is 50.4 Å². The van der Waals surface area contributed by atoms with Crippen molar-refractivity contribution in [1.82, 2.24) is 10.6 Å². The van der Waals surface area contributed by atoms with Crippen LogP contribution >= 0.6 is 0 Å². The Kier molecular flexibility index (Phi) is 4.80. The molecule has 19 heavy (non-hydrogen) atoms. The van der Waals surface area contributed by atoms with Crippen molar-refractivity contribution >= 4 is 5.91 Å². The number of carbonyl (C=O) groups is 1. The highest BCUT2D eigenvalue weighted by atomic mass is 16.5. The molecule has 1 amide bonds. The summed E-state index contributed by atoms with van der Waals surface area (Å²) in [7, 11) is 1.64. The van der Waals surface area contributed by atoms with Crippen LogP contribution in [0.15, 0.2) is 24.3 Å². The maximum atomic E-state index is 12.0. The van der Waals surface area contributed by atoms with Crippen LogP contribution in [0.1, 0.15) is 18.9 Å². The Morgan fingerprint density at radius 1 is 1.42 bits per heavy atom. The number of piperidine rings is 1. The summed E-state index contributed by atoms with van der Waals surface area (Å²) < 4.78 is 5.10. The molecule has 1 heterocycles. The summed E-state index contributed by atoms with van der Waals surface area (Å²) in [6.07, 6.45) is 1.44. The number of benzene rings is 1. The van der Waals surface area contributed by atoms with Crippen LogP contribution in [0, 0.1) is 5.92 Å². The van der Waals surface area contributed by atoms with Crippen molar-refractivity contribution in [2.24, 2.45) is 5.92 Å². The zero-order valence-electron chi connectivity index (χ0n) is 11.6. The monoisotopic (exact) mass is 262 g/mol. The molecule has 2 rings (SSSR count). The van der Waals surface area contributed by atoms with Crippen molar-refractivity contribution in [2.45, 2.75) is 25.8 Å². The highest BCUT2D eigenvalue weighted by molar-refractivity contribution is 5.78. The Bertz CT molecular complexity index is 417. The van der Waals surface area contributed by atoms with Crippen LogP contribution in [0.3, 0.4) is 0 Å². The molecule has 104 valence electrons. The average molecular weight is 262 g/mol. The van der Waals surface area contributed by atoms with E-state index < -0.39 is 0 Å². The Morgan fingerprint density at radius 2 is 2.16 bits per heavy atom. The first-order chi connectivity index (χ1) is 9.19. The van der Waals surface area contributed by atoms with E-state index in [4.69, 9.17) is 4.74 Å². The molecule has 0 saturated carbocycles. The van der Waals surface area contributed by atoms with Crippen molar-refractivity contribution < 1.29 is 9.53 Å². The molecular formula is C15H22N2O2. The third kappa shape index (κ3) is 3.96. The summed E-state index contributed by atoms with van der Waals surface area (Å²) in [4.78, 5) is 12.0. The van der Waals surface area contributed by atoms with Crippen molar-refractivity contribution in [2.75, 3.05) is 20.2 Å². The smallest absolute Gasteiger partial charge is 0.224 e. The van der Waals surface area contributed by atoms with Gasteiger partial charge in [-0.25, -0.2) is 0 Å². The lowest BCUT2D eigenvalue weighted by Crippen LogP contribution is -2.48. The van der Waals surface area contributed by atoms with Crippen LogP contribution in [0.4, 0.5) is 0 Å². The number of hydrogen-bond acceptors (Lipinski definition) is 3. The number of carbonyl (C=O) groups excluding carboxylic acids is 1. The van der Waals surface area contributed by atoms with E-state index in [2.05, 4.69) is 17.6 Å². The summed E-state index contributed by atoms with van der Waals surface area (Å²) in [6.45, 7) is 4.13. The first-order valence-corrected chi connectivity index (χ1v) is 6.82. The van der Waals surface area contributed by atoms with Crippen molar-refractivity contribution in [3.05, 3.63) is 29.8 Å². The predicted molar refractivity (Wildman–Crippen MR) is 75.3 cm³/mol. The molecule has 2 atom stereocenters. The van der Waals surface area contributed by atoms with E-state index in [0.717, 1.165) is 30.8 Å². The fourth-order valence-electron chi connectivity index (χ4n) is 2.42. The van der Waals surface area contributed by atoms with Crippen LogP contribution in [0.5, 0.6) is 5.75 Å². The molecule has 1 saturated heterocycles. The largest absolute Gasteiger partial charge is 0.497 e. The number of nitrogens with one attached hydrogen (secondary N) is 2. The van der Waals surface area contributed by atoms with E-state index in [1.54, 1.807) is 7.11 Å². The first kappa shape index (κ1) is 13.9. The van der Waals surface area contributed by atoms with Gasteiger partial charge in [0.25, 0.3) is 0 Å². The van der Waals surface area contributed by atoms with Crippen LogP contribution in [0.25, 0.3) is 0 Å². The zero-order valence-corrected chi connectivity index (χ0v) is 11.6. The number of amides is 1. The van der Waals surface area contributed by atoms with E-state index in [1.165, 1.54) is 0 Å². The standard InChI is InChI=1S/C15H22N2O2/c1-11-10-16-8-7-14(11)17-15(18)9-12-3-5-13(19-2)6-4-12/h3-6,11,14,16H,7-10H2,1-2H3,(H,17,18). The second-order valence-electron chi connectivity index (χ2n) is 5.17. The Hall–Kier alpha value is -1.55. The summed E-state index contributed by atoms with van der Waals surface area (Å²) in [5.41, 5.74) is 1.01. The molecule has 1 aromatic carbocycles. The van der Waals surface area contributed by atoms with E-state index in [-0.39, 0.29) is 5.91 Å². The van der Waals surface area contributed by atoms with Gasteiger partial charge < -0.3 is 15.4 Å². The van der Waals surface area contributed by atoms with Gasteiger partial charge in [0.1, 0.15) is 5.75 Å². The molecule has 0 bridgehead atoms. The maximum Gasteiger partial charge on any atom is 0.224 e. The van der Waals surface area contributed by atoms with Gasteiger partial charge in [0, 0.05) is 6.04 Å². The van der Waals surface area contributed by atoms with Gasteiger partial charge in [-0.2, -0.15) is 0 Å². The van der Waals surface area contributed by atoms with E-state index >= 15 is 0 Å². The average Bonchev–Trinajstić information content (AvgIpc) is 2.42. The van der Waals surface area contributed by atoms with Crippen LogP contribution in [-0.2, 0) is 11.2 Å². The molecule has 4 heteroatoms. The number of ether oxygens (including phenoxy) is 1. The fraction of sp³-hybridized carbons (Fsp3) is 0.533. The summed E-state index contributed by atoms with van der Waals surface area (Å²) in [6, 6.07) is 7.94. The predicted octanol–water partition coefficient (Wildman–Crippen LogP) is 1.35. The van der Waals surface area contributed by atoms with Crippen LogP contribution in [0.2, 0.25) is 0 Å². The number of hydrogen-bond donors (Lipinski definition) is 2.